The minimum Gasteiger partial charge on any atom is -0.466 e. The van der Waals surface area contributed by atoms with Crippen LogP contribution in [0.2, 0.25) is 5.02 Å². The van der Waals surface area contributed by atoms with Crippen molar-refractivity contribution in [3.8, 4) is 0 Å². The molecule has 5 nitrogen and oxygen atoms in total. The normalized spacial score (nSPS) is 19.1. The number of halogens is 1. The lowest BCUT2D eigenvalue weighted by atomic mass is 9.94. The summed E-state index contributed by atoms with van der Waals surface area (Å²) in [5.74, 6) is -0.446. The van der Waals surface area contributed by atoms with Crippen molar-refractivity contribution in [1.82, 2.24) is 9.80 Å². The first-order valence-electron chi connectivity index (χ1n) is 6.43. The van der Waals surface area contributed by atoms with Crippen molar-refractivity contribution >= 4 is 23.6 Å². The smallest absolute Gasteiger partial charge is 0.337 e. The van der Waals surface area contributed by atoms with Crippen LogP contribution in [0.15, 0.2) is 35.5 Å². The lowest BCUT2D eigenvalue weighted by molar-refractivity contribution is -0.137. The average Bonchev–Trinajstić information content (AvgIpc) is 2.49. The van der Waals surface area contributed by atoms with E-state index in [4.69, 9.17) is 16.3 Å². The van der Waals surface area contributed by atoms with Crippen molar-refractivity contribution < 1.29 is 14.3 Å². The summed E-state index contributed by atoms with van der Waals surface area (Å²) in [6.45, 7) is 1.74. The SMILES string of the molecule is COC(=O)C1=C(C)N(C)C(=O)N(C)[C@@H]1c1ccc(Cl)cc1. The van der Waals surface area contributed by atoms with Gasteiger partial charge in [-0.3, -0.25) is 0 Å². The molecule has 0 saturated heterocycles. The Hall–Kier alpha value is -2.01. The highest BCUT2D eigenvalue weighted by Crippen LogP contribution is 2.36. The summed E-state index contributed by atoms with van der Waals surface area (Å²) in [4.78, 5) is 27.4. The fraction of sp³-hybridized carbons (Fsp3) is 0.333. The first kappa shape index (κ1) is 15.4. The molecular weight excluding hydrogens is 292 g/mol. The van der Waals surface area contributed by atoms with Crippen molar-refractivity contribution in [2.45, 2.75) is 13.0 Å². The molecule has 0 aliphatic carbocycles. The van der Waals surface area contributed by atoms with Gasteiger partial charge in [0.15, 0.2) is 0 Å². The molecule has 0 radical (unpaired) electrons. The Labute approximate surface area is 128 Å². The van der Waals surface area contributed by atoms with Crippen LogP contribution in [0, 0.1) is 0 Å². The molecule has 0 N–H and O–H groups in total. The average molecular weight is 309 g/mol. The highest BCUT2D eigenvalue weighted by molar-refractivity contribution is 6.30. The Kier molecular flexibility index (Phi) is 4.23. The number of carbonyl (C=O) groups excluding carboxylic acids is 2. The second kappa shape index (κ2) is 5.77. The molecule has 1 heterocycles. The first-order chi connectivity index (χ1) is 9.88. The van der Waals surface area contributed by atoms with Gasteiger partial charge in [-0.1, -0.05) is 23.7 Å². The summed E-state index contributed by atoms with van der Waals surface area (Å²) in [5.41, 5.74) is 1.84. The molecule has 1 atom stereocenters. The van der Waals surface area contributed by atoms with Gasteiger partial charge in [-0.05, 0) is 24.6 Å². The van der Waals surface area contributed by atoms with Gasteiger partial charge in [0.1, 0.15) is 0 Å². The van der Waals surface area contributed by atoms with Crippen LogP contribution in [0.25, 0.3) is 0 Å². The maximum Gasteiger partial charge on any atom is 0.337 e. The highest BCUT2D eigenvalue weighted by Gasteiger charge is 2.38. The predicted molar refractivity (Wildman–Crippen MR) is 79.8 cm³/mol. The number of ether oxygens (including phenoxy) is 1. The number of amides is 2. The fourth-order valence-corrected chi connectivity index (χ4v) is 2.59. The van der Waals surface area contributed by atoms with Gasteiger partial charge in [0.2, 0.25) is 0 Å². The third kappa shape index (κ3) is 2.61. The van der Waals surface area contributed by atoms with Crippen LogP contribution < -0.4 is 0 Å². The summed E-state index contributed by atoms with van der Waals surface area (Å²) in [6, 6.07) is 6.41. The van der Waals surface area contributed by atoms with E-state index in [2.05, 4.69) is 0 Å². The summed E-state index contributed by atoms with van der Waals surface area (Å²) in [6.07, 6.45) is 0. The molecule has 112 valence electrons. The molecule has 1 aliphatic heterocycles. The van der Waals surface area contributed by atoms with Gasteiger partial charge >= 0.3 is 12.0 Å². The molecule has 0 fully saturated rings. The number of hydrogen-bond acceptors (Lipinski definition) is 3. The Morgan fingerprint density at radius 2 is 1.81 bits per heavy atom. The zero-order valence-electron chi connectivity index (χ0n) is 12.4. The number of hydrogen-bond donors (Lipinski definition) is 0. The summed E-state index contributed by atoms with van der Waals surface area (Å²) >= 11 is 5.90. The minimum atomic E-state index is -0.488. The van der Waals surface area contributed by atoms with Gasteiger partial charge in [0, 0.05) is 24.8 Å². The predicted octanol–water partition coefficient (Wildman–Crippen LogP) is 2.83. The molecule has 1 aromatic carbocycles. The van der Waals surface area contributed by atoms with Gasteiger partial charge in [-0.25, -0.2) is 9.59 Å². The van der Waals surface area contributed by atoms with Crippen LogP contribution in [0.1, 0.15) is 18.5 Å². The van der Waals surface area contributed by atoms with Crippen LogP contribution >= 0.6 is 11.6 Å². The number of allylic oxidation sites excluding steroid dienone is 1. The maximum atomic E-state index is 12.3. The Bertz CT molecular complexity index is 610. The minimum absolute atomic E-state index is 0.180. The van der Waals surface area contributed by atoms with Gasteiger partial charge in [0.05, 0.1) is 18.7 Å². The van der Waals surface area contributed by atoms with E-state index in [0.29, 0.717) is 16.3 Å². The summed E-state index contributed by atoms with van der Waals surface area (Å²) in [7, 11) is 4.63. The number of urea groups is 1. The van der Waals surface area contributed by atoms with Crippen molar-refractivity contribution in [1.29, 1.82) is 0 Å². The molecule has 1 aromatic rings. The van der Waals surface area contributed by atoms with Crippen LogP contribution in [0.5, 0.6) is 0 Å². The van der Waals surface area contributed by atoms with E-state index in [-0.39, 0.29) is 6.03 Å². The molecule has 0 saturated carbocycles. The molecule has 0 unspecified atom stereocenters. The molecule has 0 bridgehead atoms. The van der Waals surface area contributed by atoms with Crippen molar-refractivity contribution in [2.24, 2.45) is 0 Å². The summed E-state index contributed by atoms with van der Waals surface area (Å²) in [5, 5.41) is 0.598. The number of methoxy groups -OCH3 is 1. The fourth-order valence-electron chi connectivity index (χ4n) is 2.47. The molecule has 2 rings (SSSR count). The van der Waals surface area contributed by atoms with E-state index in [9.17, 15) is 9.59 Å². The standard InChI is InChI=1S/C15H17ClN2O3/c1-9-12(14(19)21-4)13(18(3)15(20)17(9)2)10-5-7-11(16)8-6-10/h5-8,13H,1-4H3/t13-/m1/s1. The van der Waals surface area contributed by atoms with Crippen molar-refractivity contribution in [3.63, 3.8) is 0 Å². The number of likely N-dealkylation sites (N-methyl/N-ethyl adjacent to an activating group) is 1. The van der Waals surface area contributed by atoms with Crippen LogP contribution in [-0.2, 0) is 9.53 Å². The van der Waals surface area contributed by atoms with E-state index >= 15 is 0 Å². The van der Waals surface area contributed by atoms with E-state index in [1.807, 2.05) is 0 Å². The molecule has 0 spiro atoms. The molecule has 2 amide bonds. The lowest BCUT2D eigenvalue weighted by Gasteiger charge is -2.39. The maximum absolute atomic E-state index is 12.3. The van der Waals surface area contributed by atoms with Crippen LogP contribution in [-0.4, -0.2) is 43.0 Å². The van der Waals surface area contributed by atoms with E-state index < -0.39 is 12.0 Å². The lowest BCUT2D eigenvalue weighted by Crippen LogP contribution is -2.47. The number of esters is 1. The second-order valence-electron chi connectivity index (χ2n) is 4.90. The molecule has 0 aromatic heterocycles. The van der Waals surface area contributed by atoms with Crippen molar-refractivity contribution in [3.05, 3.63) is 46.1 Å². The zero-order valence-corrected chi connectivity index (χ0v) is 13.1. The molecule has 6 heteroatoms. The van der Waals surface area contributed by atoms with E-state index in [1.165, 1.54) is 16.9 Å². The summed E-state index contributed by atoms with van der Waals surface area (Å²) < 4.78 is 4.88. The monoisotopic (exact) mass is 308 g/mol. The number of nitrogens with zero attached hydrogens (tertiary/aromatic N) is 2. The molecule has 21 heavy (non-hydrogen) atoms. The molecule has 1 aliphatic rings. The quantitative estimate of drug-likeness (QED) is 0.789. The zero-order chi connectivity index (χ0) is 15.7. The molecular formula is C15H17ClN2O3. The van der Waals surface area contributed by atoms with E-state index in [0.717, 1.165) is 5.56 Å². The first-order valence-corrected chi connectivity index (χ1v) is 6.81. The number of carbonyl (C=O) groups is 2. The van der Waals surface area contributed by atoms with E-state index in [1.54, 1.807) is 45.3 Å². The number of benzene rings is 1. The second-order valence-corrected chi connectivity index (χ2v) is 5.33. The highest BCUT2D eigenvalue weighted by atomic mass is 35.5. The van der Waals surface area contributed by atoms with Gasteiger partial charge in [-0.15, -0.1) is 0 Å². The third-order valence-electron chi connectivity index (χ3n) is 3.73. The Morgan fingerprint density at radius 3 is 2.33 bits per heavy atom. The third-order valence-corrected chi connectivity index (χ3v) is 3.99. The van der Waals surface area contributed by atoms with Crippen LogP contribution in [0.3, 0.4) is 0 Å². The Morgan fingerprint density at radius 1 is 1.24 bits per heavy atom. The van der Waals surface area contributed by atoms with Crippen LogP contribution in [0.4, 0.5) is 4.79 Å². The van der Waals surface area contributed by atoms with Gasteiger partial charge in [-0.2, -0.15) is 0 Å². The van der Waals surface area contributed by atoms with Crippen molar-refractivity contribution in [2.75, 3.05) is 21.2 Å². The topological polar surface area (TPSA) is 49.9 Å². The Balaban J connectivity index is 2.60. The van der Waals surface area contributed by atoms with Gasteiger partial charge in [0.25, 0.3) is 0 Å². The number of rotatable bonds is 2. The van der Waals surface area contributed by atoms with Gasteiger partial charge < -0.3 is 14.5 Å². The largest absolute Gasteiger partial charge is 0.466 e.